The summed E-state index contributed by atoms with van der Waals surface area (Å²) in [6.07, 6.45) is 0.225. The first-order valence-electron chi connectivity index (χ1n) is 8.53. The number of benzene rings is 1. The summed E-state index contributed by atoms with van der Waals surface area (Å²) in [5.74, 6) is -1.17. The molecule has 1 aliphatic rings. The van der Waals surface area contributed by atoms with Crippen molar-refractivity contribution < 1.29 is 18.7 Å². The van der Waals surface area contributed by atoms with Crippen LogP contribution in [0.1, 0.15) is 54.0 Å². The fraction of sp³-hybridized carbons (Fsp3) is 0.444. The summed E-state index contributed by atoms with van der Waals surface area (Å²) >= 11 is 1.21. The van der Waals surface area contributed by atoms with Crippen LogP contribution in [0.15, 0.2) is 18.2 Å². The van der Waals surface area contributed by atoms with Crippen LogP contribution in [0, 0.1) is 12.7 Å². The summed E-state index contributed by atoms with van der Waals surface area (Å²) in [5, 5.41) is 14.0. The maximum absolute atomic E-state index is 14.1. The Kier molecular flexibility index (Phi) is 5.14. The van der Waals surface area contributed by atoms with E-state index in [0.717, 1.165) is 5.56 Å². The number of nitrogens with one attached hydrogen (secondary N) is 2. The van der Waals surface area contributed by atoms with E-state index in [0.29, 0.717) is 16.6 Å². The molecule has 1 aromatic carbocycles. The van der Waals surface area contributed by atoms with E-state index in [1.807, 2.05) is 0 Å². The third-order valence-electron chi connectivity index (χ3n) is 3.90. The molecule has 2 aromatic rings. The number of aryl methyl sites for hydroxylation is 1. The molecule has 1 aromatic heterocycles. The van der Waals surface area contributed by atoms with Crippen molar-refractivity contribution in [2.75, 3.05) is 5.32 Å². The van der Waals surface area contributed by atoms with Crippen LogP contribution in [-0.2, 0) is 4.74 Å². The van der Waals surface area contributed by atoms with Crippen LogP contribution in [0.5, 0.6) is 0 Å². The molecule has 0 aliphatic heterocycles. The summed E-state index contributed by atoms with van der Waals surface area (Å²) in [4.78, 5) is 24.2. The van der Waals surface area contributed by atoms with E-state index in [2.05, 4.69) is 20.8 Å². The average molecular weight is 392 g/mol. The maximum atomic E-state index is 14.1. The van der Waals surface area contributed by atoms with Gasteiger partial charge in [0.2, 0.25) is 5.13 Å². The number of halogens is 1. The molecular weight excluding hydrogens is 371 g/mol. The van der Waals surface area contributed by atoms with Crippen LogP contribution >= 0.6 is 11.3 Å². The summed E-state index contributed by atoms with van der Waals surface area (Å²) in [5.41, 5.74) is 0.151. The zero-order valence-corrected chi connectivity index (χ0v) is 16.3. The highest BCUT2D eigenvalue weighted by Gasteiger charge is 2.40. The highest BCUT2D eigenvalue weighted by Crippen LogP contribution is 2.41. The van der Waals surface area contributed by atoms with Gasteiger partial charge in [0.25, 0.3) is 5.91 Å². The molecule has 144 valence electrons. The number of hydrogen-bond donors (Lipinski definition) is 2. The van der Waals surface area contributed by atoms with Crippen LogP contribution in [0.25, 0.3) is 0 Å². The molecule has 0 spiro atoms. The Hall–Kier alpha value is -2.55. The number of ether oxygens (including phenoxy) is 1. The molecule has 7 nitrogen and oxygen atoms in total. The molecule has 0 bridgehead atoms. The molecule has 1 aliphatic carbocycles. The molecule has 0 unspecified atom stereocenters. The summed E-state index contributed by atoms with van der Waals surface area (Å²) in [6.45, 7) is 7.14. The van der Waals surface area contributed by atoms with Crippen molar-refractivity contribution >= 4 is 28.5 Å². The lowest BCUT2D eigenvalue weighted by molar-refractivity contribution is 0.0522. The van der Waals surface area contributed by atoms with Crippen LogP contribution < -0.4 is 10.6 Å². The van der Waals surface area contributed by atoms with Gasteiger partial charge >= 0.3 is 6.09 Å². The van der Waals surface area contributed by atoms with E-state index in [1.165, 1.54) is 23.5 Å². The van der Waals surface area contributed by atoms with Gasteiger partial charge < -0.3 is 10.1 Å². The molecule has 9 heteroatoms. The van der Waals surface area contributed by atoms with Crippen molar-refractivity contribution in [1.82, 2.24) is 15.5 Å². The first kappa shape index (κ1) is 19.2. The minimum atomic E-state index is -0.616. The van der Waals surface area contributed by atoms with Gasteiger partial charge in [0.15, 0.2) is 0 Å². The third kappa shape index (κ3) is 5.00. The second-order valence-corrected chi connectivity index (χ2v) is 8.60. The largest absolute Gasteiger partial charge is 0.444 e. The minimum absolute atomic E-state index is 0.0217. The summed E-state index contributed by atoms with van der Waals surface area (Å²) in [7, 11) is 0. The predicted molar refractivity (Wildman–Crippen MR) is 99.5 cm³/mol. The highest BCUT2D eigenvalue weighted by molar-refractivity contribution is 7.15. The Morgan fingerprint density at radius 3 is 2.67 bits per heavy atom. The topological polar surface area (TPSA) is 93.2 Å². The lowest BCUT2D eigenvalue weighted by Gasteiger charge is -2.19. The fourth-order valence-electron chi connectivity index (χ4n) is 2.64. The molecular formula is C18H21FN4O3S. The number of rotatable bonds is 4. The predicted octanol–water partition coefficient (Wildman–Crippen LogP) is 3.62. The molecule has 2 amide bonds. The molecule has 0 radical (unpaired) electrons. The first-order chi connectivity index (χ1) is 12.6. The molecule has 2 atom stereocenters. The molecule has 2 N–H and O–H groups in total. The lowest BCUT2D eigenvalue weighted by atomic mass is 10.1. The van der Waals surface area contributed by atoms with E-state index < -0.39 is 23.4 Å². The van der Waals surface area contributed by atoms with Crippen molar-refractivity contribution in [2.24, 2.45) is 0 Å². The number of nitrogens with zero attached hydrogens (tertiary/aromatic N) is 2. The van der Waals surface area contributed by atoms with Gasteiger partial charge in [-0.2, -0.15) is 0 Å². The van der Waals surface area contributed by atoms with Gasteiger partial charge in [-0.15, -0.1) is 10.2 Å². The number of alkyl carbamates (subject to hydrolysis) is 1. The van der Waals surface area contributed by atoms with E-state index in [-0.39, 0.29) is 17.5 Å². The molecule has 1 saturated carbocycles. The summed E-state index contributed by atoms with van der Waals surface area (Å²) in [6, 6.07) is 4.31. The van der Waals surface area contributed by atoms with Gasteiger partial charge in [0, 0.05) is 12.0 Å². The number of hydrogen-bond acceptors (Lipinski definition) is 6. The van der Waals surface area contributed by atoms with Crippen molar-refractivity contribution in [3.8, 4) is 0 Å². The standard InChI is InChI=1S/C18H21FN4O3S/c1-9-22-23-16(27-9)21-15(24)12-7-10(5-6-13(12)19)11-8-14(11)20-17(25)26-18(2,3)4/h5-7,11,14H,8H2,1-4H3,(H,20,25)(H,21,23,24)/t11-,14+/m0/s1. The zero-order valence-electron chi connectivity index (χ0n) is 15.5. The zero-order chi connectivity index (χ0) is 19.8. The first-order valence-corrected chi connectivity index (χ1v) is 9.34. The van der Waals surface area contributed by atoms with E-state index in [1.54, 1.807) is 33.8 Å². The Labute approximate surface area is 160 Å². The fourth-order valence-corrected chi connectivity index (χ4v) is 3.23. The Bertz CT molecular complexity index is 878. The lowest BCUT2D eigenvalue weighted by Crippen LogP contribution is -2.34. The highest BCUT2D eigenvalue weighted by atomic mass is 32.1. The van der Waals surface area contributed by atoms with E-state index >= 15 is 0 Å². The van der Waals surface area contributed by atoms with Crippen LogP contribution in [0.2, 0.25) is 0 Å². The van der Waals surface area contributed by atoms with Gasteiger partial charge in [0.05, 0.1) is 5.56 Å². The van der Waals surface area contributed by atoms with Gasteiger partial charge in [-0.1, -0.05) is 17.4 Å². The van der Waals surface area contributed by atoms with Gasteiger partial charge in [-0.05, 0) is 51.8 Å². The van der Waals surface area contributed by atoms with Crippen LogP contribution in [0.4, 0.5) is 14.3 Å². The monoisotopic (exact) mass is 392 g/mol. The number of carbonyl (C=O) groups excluding carboxylic acids is 2. The third-order valence-corrected chi connectivity index (χ3v) is 4.66. The van der Waals surface area contributed by atoms with Crippen molar-refractivity contribution in [2.45, 2.75) is 51.7 Å². The van der Waals surface area contributed by atoms with Crippen molar-refractivity contribution in [3.63, 3.8) is 0 Å². The Balaban J connectivity index is 1.66. The van der Waals surface area contributed by atoms with E-state index in [9.17, 15) is 14.0 Å². The number of amides is 2. The average Bonchev–Trinajstić information content (AvgIpc) is 3.18. The normalized spacial score (nSPS) is 18.7. The van der Waals surface area contributed by atoms with E-state index in [4.69, 9.17) is 4.74 Å². The second kappa shape index (κ2) is 7.22. The molecule has 3 rings (SSSR count). The van der Waals surface area contributed by atoms with Gasteiger partial charge in [0.1, 0.15) is 16.4 Å². The number of aromatic nitrogens is 2. The maximum Gasteiger partial charge on any atom is 0.407 e. The molecule has 0 saturated heterocycles. The Morgan fingerprint density at radius 1 is 1.30 bits per heavy atom. The Morgan fingerprint density at radius 2 is 2.04 bits per heavy atom. The van der Waals surface area contributed by atoms with Gasteiger partial charge in [-0.3, -0.25) is 10.1 Å². The minimum Gasteiger partial charge on any atom is -0.444 e. The SMILES string of the molecule is Cc1nnc(NC(=O)c2cc([C@@H]3C[C@H]3NC(=O)OC(C)(C)C)ccc2F)s1. The second-order valence-electron chi connectivity index (χ2n) is 7.41. The molecule has 1 heterocycles. The quantitative estimate of drug-likeness (QED) is 0.829. The van der Waals surface area contributed by atoms with Gasteiger partial charge in [-0.25, -0.2) is 9.18 Å². The van der Waals surface area contributed by atoms with Crippen molar-refractivity contribution in [3.05, 3.63) is 40.2 Å². The van der Waals surface area contributed by atoms with Crippen LogP contribution in [-0.4, -0.2) is 33.8 Å². The number of anilines is 1. The summed E-state index contributed by atoms with van der Waals surface area (Å²) < 4.78 is 19.4. The van der Waals surface area contributed by atoms with Crippen LogP contribution in [0.3, 0.4) is 0 Å². The smallest absolute Gasteiger partial charge is 0.407 e. The van der Waals surface area contributed by atoms with Crippen molar-refractivity contribution in [1.29, 1.82) is 0 Å². The number of carbonyl (C=O) groups is 2. The molecule has 27 heavy (non-hydrogen) atoms. The molecule has 1 fully saturated rings.